The van der Waals surface area contributed by atoms with Crippen LogP contribution in [0.25, 0.3) is 0 Å². The maximum atomic E-state index is 13.0. The molecule has 0 spiro atoms. The summed E-state index contributed by atoms with van der Waals surface area (Å²) in [5.41, 5.74) is -0.315. The van der Waals surface area contributed by atoms with Crippen molar-refractivity contribution in [3.63, 3.8) is 0 Å². The highest BCUT2D eigenvalue weighted by atomic mass is 32.3. The van der Waals surface area contributed by atoms with Crippen LogP contribution in [0, 0.1) is 17.2 Å². The third-order valence-electron chi connectivity index (χ3n) is 5.53. The predicted molar refractivity (Wildman–Crippen MR) is 114 cm³/mol. The number of carbonyl (C=O) groups is 1. The summed E-state index contributed by atoms with van der Waals surface area (Å²) < 4.78 is 23.7. The van der Waals surface area contributed by atoms with Gasteiger partial charge in [0.2, 0.25) is 0 Å². The molecular weight excluding hydrogens is 404 g/mol. The van der Waals surface area contributed by atoms with E-state index >= 15 is 0 Å². The molecule has 1 amide bonds. The topological polar surface area (TPSA) is 139 Å². The molecule has 9 heteroatoms. The van der Waals surface area contributed by atoms with Gasteiger partial charge in [0.05, 0.1) is 5.54 Å². The Morgan fingerprint density at radius 1 is 1.40 bits per heavy atom. The number of amides is 1. The Hall–Kier alpha value is -2.13. The van der Waals surface area contributed by atoms with Crippen molar-refractivity contribution in [2.45, 2.75) is 69.9 Å². The molecule has 2 aliphatic carbocycles. The van der Waals surface area contributed by atoms with E-state index < -0.39 is 27.6 Å². The summed E-state index contributed by atoms with van der Waals surface area (Å²) in [6.07, 6.45) is 3.54. The lowest BCUT2D eigenvalue weighted by molar-refractivity contribution is -0.215. The van der Waals surface area contributed by atoms with Crippen LogP contribution in [0.5, 0.6) is 0 Å². The quantitative estimate of drug-likeness (QED) is 0.328. The molecule has 1 aromatic heterocycles. The molecule has 0 radical (unpaired) electrons. The first kappa shape index (κ1) is 22.6. The number of aliphatic imine (C=N–C) groups is 1. The fraction of sp³-hybridized carbons (Fsp3) is 0.619. The van der Waals surface area contributed by atoms with Gasteiger partial charge in [-0.3, -0.25) is 15.2 Å². The lowest BCUT2D eigenvalue weighted by Gasteiger charge is -2.30. The molecule has 30 heavy (non-hydrogen) atoms. The Labute approximate surface area is 178 Å². The molecule has 0 bridgehead atoms. The third-order valence-corrected chi connectivity index (χ3v) is 7.58. The van der Waals surface area contributed by atoms with E-state index in [0.29, 0.717) is 0 Å². The molecule has 0 aromatic carbocycles. The van der Waals surface area contributed by atoms with Crippen LogP contribution in [0.2, 0.25) is 0 Å². The molecule has 2 unspecified atom stereocenters. The minimum atomic E-state index is -3.38. The van der Waals surface area contributed by atoms with Crippen molar-refractivity contribution < 1.29 is 18.7 Å². The summed E-state index contributed by atoms with van der Waals surface area (Å²) in [6, 6.07) is 3.29. The molecule has 0 aliphatic heterocycles. The number of carbonyl (C=O) groups excluding carboxylic acids is 1. The predicted octanol–water partition coefficient (Wildman–Crippen LogP) is 2.60. The highest BCUT2D eigenvalue weighted by Gasteiger charge is 2.47. The second-order valence-corrected chi connectivity index (χ2v) is 11.0. The van der Waals surface area contributed by atoms with Crippen molar-refractivity contribution in [2.75, 3.05) is 5.75 Å². The van der Waals surface area contributed by atoms with E-state index in [4.69, 9.17) is 5.41 Å². The first-order valence-electron chi connectivity index (χ1n) is 10.3. The monoisotopic (exact) mass is 434 g/mol. The lowest BCUT2D eigenvalue weighted by atomic mass is 9.93. The zero-order valence-electron chi connectivity index (χ0n) is 17.9. The largest absolute Gasteiger partial charge is 0.862 e. The van der Waals surface area contributed by atoms with Gasteiger partial charge < -0.3 is 10.4 Å². The number of aromatic nitrogens is 1. The third kappa shape index (κ3) is 4.95. The van der Waals surface area contributed by atoms with Crippen molar-refractivity contribution in [1.82, 2.24) is 10.3 Å². The van der Waals surface area contributed by atoms with Crippen molar-refractivity contribution >= 4 is 27.9 Å². The Balaban J connectivity index is 1.92. The Morgan fingerprint density at radius 3 is 2.53 bits per heavy atom. The minimum Gasteiger partial charge on any atom is -0.862 e. The smallest absolute Gasteiger partial charge is 0.286 e. The summed E-state index contributed by atoms with van der Waals surface area (Å²) in [4.78, 5) is 21.1. The fourth-order valence-electron chi connectivity index (χ4n) is 3.66. The van der Waals surface area contributed by atoms with Crippen LogP contribution in [0.15, 0.2) is 22.2 Å². The fourth-order valence-corrected chi connectivity index (χ4v) is 5.56. The summed E-state index contributed by atoms with van der Waals surface area (Å²) >= 11 is 0. The van der Waals surface area contributed by atoms with Crippen molar-refractivity contribution in [3.05, 3.63) is 23.4 Å². The summed E-state index contributed by atoms with van der Waals surface area (Å²) in [5.74, 6) is -0.922. The van der Waals surface area contributed by atoms with Gasteiger partial charge in [0.1, 0.15) is 11.5 Å². The molecule has 2 saturated carbocycles. The molecule has 3 N–H and O–H groups in total. The summed E-state index contributed by atoms with van der Waals surface area (Å²) in [7, 11) is -3.38. The van der Waals surface area contributed by atoms with E-state index in [9.17, 15) is 18.7 Å². The molecular formula is C21H30N4O4S. The Bertz CT molecular complexity index is 933. The molecule has 164 valence electrons. The van der Waals surface area contributed by atoms with Crippen LogP contribution in [0.3, 0.4) is 0 Å². The van der Waals surface area contributed by atoms with Gasteiger partial charge in [-0.25, -0.2) is 0 Å². The van der Waals surface area contributed by atoms with Gasteiger partial charge >= 0.3 is 0 Å². The molecule has 2 atom stereocenters. The van der Waals surface area contributed by atoms with Crippen molar-refractivity contribution in [3.8, 4) is 0 Å². The van der Waals surface area contributed by atoms with Gasteiger partial charge in [0.25, 0.3) is 21.1 Å². The zero-order valence-corrected chi connectivity index (χ0v) is 18.7. The average molecular weight is 435 g/mol. The normalized spacial score (nSPS) is 21.1. The van der Waals surface area contributed by atoms with Gasteiger partial charge in [-0.2, -0.15) is 9.54 Å². The Kier molecular flexibility index (Phi) is 6.15. The second kappa shape index (κ2) is 8.19. The molecule has 0 saturated heterocycles. The number of pyridine rings is 1. The Morgan fingerprint density at radius 2 is 2.03 bits per heavy atom. The maximum absolute atomic E-state index is 13.0. The van der Waals surface area contributed by atoms with Crippen LogP contribution in [0.1, 0.15) is 75.3 Å². The van der Waals surface area contributed by atoms with Crippen LogP contribution < -0.4 is 10.4 Å². The molecule has 2 aliphatic rings. The molecule has 1 heterocycles. The number of rotatable bonds is 8. The summed E-state index contributed by atoms with van der Waals surface area (Å²) in [5, 5.41) is 22.5. The molecule has 8 nitrogen and oxygen atoms in total. The van der Waals surface area contributed by atoms with E-state index in [1.807, 2.05) is 13.8 Å². The standard InChI is InChI=1S/C21H30N4O4S/c1-12(2)11-30(28,29)19-16(14-5-6-14)9-10-17(24-19)18(27)25-21(4,15-7-8-15)20(22)23-13(3)26/h9-10,12,14-15H,5-8,11H2,1-4H3,(H3-,22,23,25,26,27,28,29). The van der Waals surface area contributed by atoms with Gasteiger partial charge in [0.15, 0.2) is 5.75 Å². The number of nitrogens with zero attached hydrogens (tertiary/aromatic N) is 2. The van der Waals surface area contributed by atoms with Crippen molar-refractivity contribution in [1.29, 1.82) is 5.41 Å². The second-order valence-electron chi connectivity index (χ2n) is 8.98. The van der Waals surface area contributed by atoms with Gasteiger partial charge in [-0.15, -0.1) is 0 Å². The van der Waals surface area contributed by atoms with Crippen LogP contribution >= 0.6 is 0 Å². The van der Waals surface area contributed by atoms with E-state index in [0.717, 1.165) is 31.2 Å². The maximum Gasteiger partial charge on any atom is 0.286 e. The number of nitrogens with one attached hydrogen (secondary N) is 2. The van der Waals surface area contributed by atoms with Gasteiger partial charge in [-0.1, -0.05) is 18.1 Å². The molecule has 2 fully saturated rings. The van der Waals surface area contributed by atoms with Crippen molar-refractivity contribution in [2.24, 2.45) is 16.8 Å². The average Bonchev–Trinajstić information content (AvgIpc) is 3.52. The first-order valence-corrected chi connectivity index (χ1v) is 12.0. The molecule has 3 rings (SSSR count). The van der Waals surface area contributed by atoms with E-state index in [2.05, 4.69) is 15.3 Å². The lowest BCUT2D eigenvalue weighted by Crippen LogP contribution is -2.53. The van der Waals surface area contributed by atoms with Crippen LogP contribution in [-0.4, -0.2) is 38.5 Å². The highest BCUT2D eigenvalue weighted by Crippen LogP contribution is 2.44. The minimum absolute atomic E-state index is 0.000610. The number of hydrogen-bond acceptors (Lipinski definition) is 5. The zero-order chi connectivity index (χ0) is 22.3. The highest BCUT2D eigenvalue weighted by molar-refractivity contribution is 7.97. The van der Waals surface area contributed by atoms with E-state index in [-0.39, 0.29) is 40.1 Å². The SMILES string of the molecule is CC([O-])=NC(=N)C(C)(NC(=O)c1ccc(C2CC2)c([S+](=O)(O)CC(C)C)n1)C1CC1. The van der Waals surface area contributed by atoms with Crippen LogP contribution in [0.4, 0.5) is 0 Å². The summed E-state index contributed by atoms with van der Waals surface area (Å²) in [6.45, 7) is 6.69. The van der Waals surface area contributed by atoms with E-state index in [1.165, 1.54) is 6.92 Å². The first-order chi connectivity index (χ1) is 13.9. The van der Waals surface area contributed by atoms with Crippen LogP contribution in [-0.2, 0) is 14.4 Å². The molecule has 1 aromatic rings. The van der Waals surface area contributed by atoms with E-state index in [1.54, 1.807) is 19.1 Å². The number of hydrogen-bond donors (Lipinski definition) is 3. The van der Waals surface area contributed by atoms with Gasteiger partial charge in [0, 0.05) is 11.5 Å². The van der Waals surface area contributed by atoms with Gasteiger partial charge in [-0.05, 0) is 69.4 Å². The number of amidine groups is 1.